The largest absolute Gasteiger partial charge is 0.393 e. The average molecular weight is 292 g/mol. The third-order valence-corrected chi connectivity index (χ3v) is 7.44. The van der Waals surface area contributed by atoms with Crippen LogP contribution in [0.25, 0.3) is 0 Å². The highest BCUT2D eigenvalue weighted by Gasteiger charge is 2.52. The Balaban J connectivity index is 1.90. The Morgan fingerprint density at radius 1 is 1.24 bits per heavy atom. The molecule has 0 radical (unpaired) electrons. The van der Waals surface area contributed by atoms with Gasteiger partial charge >= 0.3 is 0 Å². The molecule has 0 aromatic carbocycles. The zero-order chi connectivity index (χ0) is 15.4. The first kappa shape index (κ1) is 15.6. The minimum atomic E-state index is -0.223. The van der Waals surface area contributed by atoms with Crippen molar-refractivity contribution in [3.05, 3.63) is 11.6 Å². The second kappa shape index (κ2) is 5.38. The monoisotopic (exact) mass is 292 g/mol. The summed E-state index contributed by atoms with van der Waals surface area (Å²) in [5.41, 5.74) is 1.60. The van der Waals surface area contributed by atoms with Gasteiger partial charge in [-0.25, -0.2) is 0 Å². The van der Waals surface area contributed by atoms with Crippen LogP contribution in [0.2, 0.25) is 0 Å². The summed E-state index contributed by atoms with van der Waals surface area (Å²) in [6, 6.07) is 0. The van der Waals surface area contributed by atoms with Gasteiger partial charge in [-0.3, -0.25) is 0 Å². The molecule has 2 heteroatoms. The Bertz CT molecular complexity index is 427. The lowest BCUT2D eigenvalue weighted by molar-refractivity contribution is -0.0866. The maximum atomic E-state index is 10.3. The first-order chi connectivity index (χ1) is 9.84. The Kier molecular flexibility index (Phi) is 3.99. The molecule has 0 amide bonds. The summed E-state index contributed by atoms with van der Waals surface area (Å²) in [5.74, 6) is 3.32. The van der Waals surface area contributed by atoms with Gasteiger partial charge in [-0.2, -0.15) is 0 Å². The van der Waals surface area contributed by atoms with Crippen LogP contribution in [-0.4, -0.2) is 22.4 Å². The second-order valence-corrected chi connectivity index (χ2v) is 8.39. The lowest BCUT2D eigenvalue weighted by Gasteiger charge is -2.56. The highest BCUT2D eigenvalue weighted by molar-refractivity contribution is 5.21. The number of rotatable bonds is 1. The molecular weight excluding hydrogens is 260 g/mol. The maximum absolute atomic E-state index is 10.3. The lowest BCUT2D eigenvalue weighted by Crippen LogP contribution is -2.51. The first-order valence-corrected chi connectivity index (χ1v) is 8.91. The Morgan fingerprint density at radius 3 is 2.62 bits per heavy atom. The van der Waals surface area contributed by atoms with E-state index in [0.717, 1.165) is 25.2 Å². The van der Waals surface area contributed by atoms with Crippen LogP contribution < -0.4 is 0 Å². The summed E-state index contributed by atoms with van der Waals surface area (Å²) >= 11 is 0. The van der Waals surface area contributed by atoms with Gasteiger partial charge in [0.05, 0.1) is 12.2 Å². The molecule has 0 spiro atoms. The molecule has 0 aromatic heterocycles. The smallest absolute Gasteiger partial charge is 0.0577 e. The minimum Gasteiger partial charge on any atom is -0.393 e. The quantitative estimate of drug-likeness (QED) is 0.722. The van der Waals surface area contributed by atoms with Crippen molar-refractivity contribution in [1.82, 2.24) is 0 Å². The second-order valence-electron chi connectivity index (χ2n) is 8.39. The van der Waals surface area contributed by atoms with E-state index in [1.54, 1.807) is 0 Å². The van der Waals surface area contributed by atoms with Crippen molar-refractivity contribution in [2.75, 3.05) is 0 Å². The third-order valence-electron chi connectivity index (χ3n) is 7.44. The summed E-state index contributed by atoms with van der Waals surface area (Å²) in [7, 11) is 0. The molecule has 3 rings (SSSR count). The molecule has 2 N–H and O–H groups in total. The molecule has 0 aliphatic heterocycles. The Labute approximate surface area is 129 Å². The van der Waals surface area contributed by atoms with Crippen LogP contribution in [0.15, 0.2) is 11.6 Å². The zero-order valence-electron chi connectivity index (χ0n) is 14.0. The molecule has 0 aromatic rings. The highest BCUT2D eigenvalue weighted by atomic mass is 16.3. The van der Waals surface area contributed by atoms with Gasteiger partial charge in [0.25, 0.3) is 0 Å². The standard InChI is InChI=1S/C19H32O2/c1-11-9-14-10-15(21)5-6-16(14)17-7-8-19(4,13(3)20)12(2)18(11)17/h9,11-13,15-18,20-21H,5-8,10H2,1-4H3/t11-,12?,13+,15-,16?,17?,18?,19?/m1/s1. The van der Waals surface area contributed by atoms with Crippen LogP contribution >= 0.6 is 0 Å². The molecule has 0 bridgehead atoms. The van der Waals surface area contributed by atoms with E-state index in [0.29, 0.717) is 23.7 Å². The van der Waals surface area contributed by atoms with Crippen LogP contribution in [0, 0.1) is 35.0 Å². The van der Waals surface area contributed by atoms with E-state index in [4.69, 9.17) is 0 Å². The van der Waals surface area contributed by atoms with E-state index in [1.165, 1.54) is 18.4 Å². The van der Waals surface area contributed by atoms with Crippen molar-refractivity contribution < 1.29 is 10.2 Å². The van der Waals surface area contributed by atoms with Crippen LogP contribution in [0.3, 0.4) is 0 Å². The normalized spacial score (nSPS) is 51.6. The van der Waals surface area contributed by atoms with E-state index in [1.807, 2.05) is 6.92 Å². The highest BCUT2D eigenvalue weighted by Crippen LogP contribution is 2.58. The molecule has 2 saturated carbocycles. The molecule has 120 valence electrons. The molecule has 2 fully saturated rings. The molecule has 0 heterocycles. The minimum absolute atomic E-state index is 0.0644. The summed E-state index contributed by atoms with van der Waals surface area (Å²) < 4.78 is 0. The van der Waals surface area contributed by atoms with Crippen molar-refractivity contribution in [1.29, 1.82) is 0 Å². The zero-order valence-corrected chi connectivity index (χ0v) is 14.0. The van der Waals surface area contributed by atoms with E-state index in [-0.39, 0.29) is 17.6 Å². The first-order valence-electron chi connectivity index (χ1n) is 8.91. The van der Waals surface area contributed by atoms with Crippen molar-refractivity contribution in [2.24, 2.45) is 35.0 Å². The molecule has 3 aliphatic carbocycles. The average Bonchev–Trinajstić information content (AvgIpc) is 2.41. The summed E-state index contributed by atoms with van der Waals surface area (Å²) in [5, 5.41) is 20.3. The lowest BCUT2D eigenvalue weighted by atomic mass is 9.49. The van der Waals surface area contributed by atoms with Crippen molar-refractivity contribution in [3.8, 4) is 0 Å². The predicted octanol–water partition coefficient (Wildman–Crippen LogP) is 3.77. The summed E-state index contributed by atoms with van der Waals surface area (Å²) in [4.78, 5) is 0. The third kappa shape index (κ3) is 2.39. The van der Waals surface area contributed by atoms with Crippen molar-refractivity contribution in [2.45, 2.75) is 72.0 Å². The van der Waals surface area contributed by atoms with E-state index in [9.17, 15) is 10.2 Å². The SMILES string of the molecule is CC1C2C(CCC1(C)[C@H](C)O)C1CC[C@@H](O)CC1=C[C@H]2C. The van der Waals surface area contributed by atoms with Crippen LogP contribution in [0.4, 0.5) is 0 Å². The molecule has 21 heavy (non-hydrogen) atoms. The molecule has 2 nitrogen and oxygen atoms in total. The fraction of sp³-hybridized carbons (Fsp3) is 0.895. The van der Waals surface area contributed by atoms with E-state index >= 15 is 0 Å². The number of aliphatic hydroxyl groups is 2. The molecule has 3 aliphatic rings. The molecule has 0 saturated heterocycles. The van der Waals surface area contributed by atoms with Gasteiger partial charge in [-0.15, -0.1) is 0 Å². The van der Waals surface area contributed by atoms with Crippen molar-refractivity contribution in [3.63, 3.8) is 0 Å². The van der Waals surface area contributed by atoms with Gasteiger partial charge in [0.15, 0.2) is 0 Å². The number of hydrogen-bond acceptors (Lipinski definition) is 2. The molecular formula is C19H32O2. The Hall–Kier alpha value is -0.340. The van der Waals surface area contributed by atoms with Gasteiger partial charge in [0.2, 0.25) is 0 Å². The summed E-state index contributed by atoms with van der Waals surface area (Å²) in [6.07, 6.45) is 7.57. The van der Waals surface area contributed by atoms with E-state index < -0.39 is 0 Å². The van der Waals surface area contributed by atoms with Crippen LogP contribution in [0.5, 0.6) is 0 Å². The predicted molar refractivity (Wildman–Crippen MR) is 85.8 cm³/mol. The fourth-order valence-corrected chi connectivity index (χ4v) is 5.82. The number of fused-ring (bicyclic) bond motifs is 3. The molecule has 8 atom stereocenters. The summed E-state index contributed by atoms with van der Waals surface area (Å²) in [6.45, 7) is 8.99. The maximum Gasteiger partial charge on any atom is 0.0577 e. The fourth-order valence-electron chi connectivity index (χ4n) is 5.82. The van der Waals surface area contributed by atoms with Crippen molar-refractivity contribution >= 4 is 0 Å². The van der Waals surface area contributed by atoms with E-state index in [2.05, 4.69) is 26.8 Å². The van der Waals surface area contributed by atoms with Gasteiger partial charge in [0, 0.05) is 0 Å². The van der Waals surface area contributed by atoms with Gasteiger partial charge < -0.3 is 10.2 Å². The number of hydrogen-bond donors (Lipinski definition) is 2. The number of allylic oxidation sites excluding steroid dienone is 1. The van der Waals surface area contributed by atoms with Crippen LogP contribution in [-0.2, 0) is 0 Å². The molecule has 5 unspecified atom stereocenters. The topological polar surface area (TPSA) is 40.5 Å². The number of aliphatic hydroxyl groups excluding tert-OH is 2. The van der Waals surface area contributed by atoms with Crippen LogP contribution in [0.1, 0.15) is 59.8 Å². The van der Waals surface area contributed by atoms with Gasteiger partial charge in [-0.1, -0.05) is 32.4 Å². The van der Waals surface area contributed by atoms with Gasteiger partial charge in [-0.05, 0) is 74.0 Å². The Morgan fingerprint density at radius 2 is 1.95 bits per heavy atom. The van der Waals surface area contributed by atoms with Gasteiger partial charge in [0.1, 0.15) is 0 Å².